The second-order valence-corrected chi connectivity index (χ2v) is 6.77. The van der Waals surface area contributed by atoms with Gasteiger partial charge in [-0.15, -0.1) is 0 Å². The van der Waals surface area contributed by atoms with Crippen LogP contribution in [0.1, 0.15) is 27.4 Å². The Kier molecular flexibility index (Phi) is 4.28. The van der Waals surface area contributed by atoms with E-state index in [4.69, 9.17) is 16.3 Å². The number of aromatic nitrogens is 4. The summed E-state index contributed by atoms with van der Waals surface area (Å²) in [5.41, 5.74) is 2.42. The second-order valence-electron chi connectivity index (χ2n) is 6.39. The first-order valence-electron chi connectivity index (χ1n) is 8.43. The molecule has 0 radical (unpaired) electrons. The van der Waals surface area contributed by atoms with Gasteiger partial charge in [0.2, 0.25) is 5.82 Å². The average Bonchev–Trinajstić information content (AvgIpc) is 3.10. The summed E-state index contributed by atoms with van der Waals surface area (Å²) in [7, 11) is 3.09. The normalized spacial score (nSPS) is 13.3. The molecular weight excluding hydrogens is 384 g/mol. The van der Waals surface area contributed by atoms with Gasteiger partial charge in [-0.25, -0.2) is 9.97 Å². The van der Waals surface area contributed by atoms with Crippen LogP contribution in [0.15, 0.2) is 17.2 Å². The molecule has 0 fully saturated rings. The van der Waals surface area contributed by atoms with Crippen LogP contribution in [0.2, 0.25) is 5.02 Å². The number of rotatable bonds is 2. The van der Waals surface area contributed by atoms with Gasteiger partial charge >= 0.3 is 0 Å². The van der Waals surface area contributed by atoms with Gasteiger partial charge < -0.3 is 19.2 Å². The zero-order valence-corrected chi connectivity index (χ0v) is 15.9. The van der Waals surface area contributed by atoms with Crippen LogP contribution in [-0.2, 0) is 20.0 Å². The molecule has 9 nitrogen and oxygen atoms in total. The molecule has 142 valence electrons. The van der Waals surface area contributed by atoms with E-state index in [2.05, 4.69) is 15.0 Å². The number of hydrogen-bond acceptors (Lipinski definition) is 6. The summed E-state index contributed by atoms with van der Waals surface area (Å²) in [6.45, 7) is 0.723. The summed E-state index contributed by atoms with van der Waals surface area (Å²) < 4.78 is 6.42. The maximum absolute atomic E-state index is 12.8. The number of carbonyl (C=O) groups is 1. The lowest BCUT2D eigenvalue weighted by atomic mass is 10.1. The predicted octanol–water partition coefficient (Wildman–Crippen LogP) is 1.39. The van der Waals surface area contributed by atoms with Crippen molar-refractivity contribution in [2.75, 3.05) is 13.7 Å². The maximum atomic E-state index is 12.8. The molecular formula is C18H15ClN6O3. The Morgan fingerprint density at radius 2 is 2.11 bits per heavy atom. The average molecular weight is 399 g/mol. The molecule has 4 heterocycles. The predicted molar refractivity (Wildman–Crippen MR) is 100 cm³/mol. The lowest BCUT2D eigenvalue weighted by Crippen LogP contribution is -2.37. The Morgan fingerprint density at radius 1 is 1.39 bits per heavy atom. The third-order valence-electron chi connectivity index (χ3n) is 4.89. The summed E-state index contributed by atoms with van der Waals surface area (Å²) in [4.78, 5) is 38.1. The Morgan fingerprint density at radius 3 is 2.75 bits per heavy atom. The number of carbonyl (C=O) groups excluding carboxylic acids is 1. The first kappa shape index (κ1) is 18.0. The molecule has 0 aliphatic carbocycles. The molecule has 0 aromatic carbocycles. The lowest BCUT2D eigenvalue weighted by Gasteiger charge is -2.26. The lowest BCUT2D eigenvalue weighted by molar-refractivity contribution is 0.0722. The largest absolute Gasteiger partial charge is 0.494 e. The minimum absolute atomic E-state index is 0.0683. The van der Waals surface area contributed by atoms with E-state index in [9.17, 15) is 14.9 Å². The Labute approximate surface area is 164 Å². The summed E-state index contributed by atoms with van der Waals surface area (Å²) in [5, 5.41) is 9.32. The number of aryl methyl sites for hydroxylation is 1. The monoisotopic (exact) mass is 398 g/mol. The Hall–Kier alpha value is -3.38. The zero-order chi connectivity index (χ0) is 20.0. The molecule has 1 aliphatic rings. The molecule has 0 spiro atoms. The number of amides is 1. The number of hydrogen-bond donors (Lipinski definition) is 1. The van der Waals surface area contributed by atoms with Crippen LogP contribution in [0.25, 0.3) is 11.0 Å². The summed E-state index contributed by atoms with van der Waals surface area (Å²) in [5.74, 6) is 0.214. The summed E-state index contributed by atoms with van der Waals surface area (Å²) >= 11 is 6.06. The standard InChI is InChI=1S/C18H15ClN6O3/c1-24-15-11-8-25(18(27)16-21-6-9(28-2)7-22-16)4-3-12(11)23-14(15)10(5-20)13(19)17(24)26/h6-7,23H,3-4,8H2,1-2H3. The number of aromatic amines is 1. The highest BCUT2D eigenvalue weighted by Crippen LogP contribution is 2.31. The molecule has 0 bridgehead atoms. The minimum atomic E-state index is -0.450. The van der Waals surface area contributed by atoms with Gasteiger partial charge in [0.1, 0.15) is 16.7 Å². The zero-order valence-electron chi connectivity index (χ0n) is 15.1. The fraction of sp³-hybridized carbons (Fsp3) is 0.278. The van der Waals surface area contributed by atoms with Gasteiger partial charge in [-0.1, -0.05) is 11.6 Å². The highest BCUT2D eigenvalue weighted by Gasteiger charge is 2.29. The molecule has 1 N–H and O–H groups in total. The first-order valence-corrected chi connectivity index (χ1v) is 8.81. The number of fused-ring (bicyclic) bond motifs is 3. The number of nitrogens with zero attached hydrogens (tertiary/aromatic N) is 5. The van der Waals surface area contributed by atoms with E-state index in [1.807, 2.05) is 6.07 Å². The number of methoxy groups -OCH3 is 1. The number of pyridine rings is 1. The molecule has 3 aromatic rings. The van der Waals surface area contributed by atoms with E-state index >= 15 is 0 Å². The van der Waals surface area contributed by atoms with E-state index < -0.39 is 5.56 Å². The van der Waals surface area contributed by atoms with Crippen molar-refractivity contribution in [2.24, 2.45) is 7.05 Å². The van der Waals surface area contributed by atoms with Crippen molar-refractivity contribution >= 4 is 28.5 Å². The van der Waals surface area contributed by atoms with E-state index in [0.29, 0.717) is 29.7 Å². The smallest absolute Gasteiger partial charge is 0.291 e. The third-order valence-corrected chi connectivity index (χ3v) is 5.25. The van der Waals surface area contributed by atoms with Gasteiger partial charge in [-0.3, -0.25) is 9.59 Å². The maximum Gasteiger partial charge on any atom is 0.291 e. The SMILES string of the molecule is COc1cnc(C(=O)N2CCc3[nH]c4c(C#N)c(Cl)c(=O)n(C)c4c3C2)nc1. The van der Waals surface area contributed by atoms with Crippen LogP contribution >= 0.6 is 11.6 Å². The molecule has 0 saturated carbocycles. The van der Waals surface area contributed by atoms with E-state index in [1.54, 1.807) is 11.9 Å². The van der Waals surface area contributed by atoms with E-state index in [-0.39, 0.29) is 28.9 Å². The molecule has 4 rings (SSSR count). The van der Waals surface area contributed by atoms with Gasteiger partial charge in [0.15, 0.2) is 5.75 Å². The molecule has 10 heteroatoms. The minimum Gasteiger partial charge on any atom is -0.494 e. The van der Waals surface area contributed by atoms with Crippen molar-refractivity contribution < 1.29 is 9.53 Å². The van der Waals surface area contributed by atoms with E-state index in [1.165, 1.54) is 24.1 Å². The van der Waals surface area contributed by atoms with Crippen molar-refractivity contribution in [2.45, 2.75) is 13.0 Å². The van der Waals surface area contributed by atoms with Gasteiger partial charge in [0.25, 0.3) is 11.5 Å². The van der Waals surface area contributed by atoms with Crippen molar-refractivity contribution in [1.29, 1.82) is 5.26 Å². The highest BCUT2D eigenvalue weighted by atomic mass is 35.5. The van der Waals surface area contributed by atoms with Crippen LogP contribution in [0.5, 0.6) is 5.75 Å². The van der Waals surface area contributed by atoms with Crippen molar-refractivity contribution in [1.82, 2.24) is 24.4 Å². The number of H-pyrrole nitrogens is 1. The van der Waals surface area contributed by atoms with Crippen molar-refractivity contribution in [3.8, 4) is 11.8 Å². The van der Waals surface area contributed by atoms with Crippen molar-refractivity contribution in [3.05, 3.63) is 50.4 Å². The van der Waals surface area contributed by atoms with Crippen LogP contribution in [0.4, 0.5) is 0 Å². The van der Waals surface area contributed by atoms with Gasteiger partial charge in [0, 0.05) is 37.8 Å². The Balaban J connectivity index is 1.77. The summed E-state index contributed by atoms with van der Waals surface area (Å²) in [6, 6.07) is 2.00. The van der Waals surface area contributed by atoms with Crippen LogP contribution in [-0.4, -0.2) is 44.0 Å². The molecule has 28 heavy (non-hydrogen) atoms. The van der Waals surface area contributed by atoms with Crippen molar-refractivity contribution in [3.63, 3.8) is 0 Å². The van der Waals surface area contributed by atoms with Crippen LogP contribution in [0, 0.1) is 11.3 Å². The second kappa shape index (κ2) is 6.65. The molecule has 3 aromatic heterocycles. The van der Waals surface area contributed by atoms with Crippen LogP contribution < -0.4 is 10.3 Å². The quantitative estimate of drug-likeness (QED) is 0.697. The highest BCUT2D eigenvalue weighted by molar-refractivity contribution is 6.32. The fourth-order valence-electron chi connectivity index (χ4n) is 3.45. The van der Waals surface area contributed by atoms with Gasteiger partial charge in [0.05, 0.1) is 30.5 Å². The van der Waals surface area contributed by atoms with E-state index in [0.717, 1.165) is 11.3 Å². The number of nitrogens with one attached hydrogen (secondary N) is 1. The molecule has 1 aliphatic heterocycles. The summed E-state index contributed by atoms with van der Waals surface area (Å²) in [6.07, 6.45) is 3.42. The molecule has 1 amide bonds. The number of ether oxygens (including phenoxy) is 1. The van der Waals surface area contributed by atoms with Gasteiger partial charge in [-0.05, 0) is 0 Å². The number of nitriles is 1. The molecule has 0 unspecified atom stereocenters. The number of halogens is 1. The van der Waals surface area contributed by atoms with Gasteiger partial charge in [-0.2, -0.15) is 5.26 Å². The first-order chi connectivity index (χ1) is 13.5. The third kappa shape index (κ3) is 2.61. The Bertz CT molecular complexity index is 1210. The molecule has 0 saturated heterocycles. The topological polar surface area (TPSA) is 117 Å². The van der Waals surface area contributed by atoms with Crippen LogP contribution in [0.3, 0.4) is 0 Å². The molecule has 0 atom stereocenters. The fourth-order valence-corrected chi connectivity index (χ4v) is 3.71.